The molecule has 1 atom stereocenters. The topological polar surface area (TPSA) is 78.4 Å². The SMILES string of the molecule is CCc1cnc(CCNC(=NC)NCc2ccc(C(=O)NC(C)CC)cc2)s1.I. The molecular formula is C21H32IN5OS. The zero-order chi connectivity index (χ0) is 20.4. The number of thiazole rings is 1. The number of nitrogens with one attached hydrogen (secondary N) is 3. The molecule has 2 aromatic rings. The fraction of sp³-hybridized carbons (Fsp3) is 0.476. The maximum absolute atomic E-state index is 12.1. The predicted octanol–water partition coefficient (Wildman–Crippen LogP) is 3.76. The fourth-order valence-electron chi connectivity index (χ4n) is 2.50. The molecule has 1 aromatic heterocycles. The molecule has 0 saturated carbocycles. The summed E-state index contributed by atoms with van der Waals surface area (Å²) in [6.07, 6.45) is 4.79. The Bertz CT molecular complexity index is 776. The summed E-state index contributed by atoms with van der Waals surface area (Å²) in [7, 11) is 1.76. The van der Waals surface area contributed by atoms with E-state index in [4.69, 9.17) is 0 Å². The first-order valence-electron chi connectivity index (χ1n) is 9.83. The number of aryl methyl sites for hydroxylation is 1. The molecule has 6 nitrogen and oxygen atoms in total. The first kappa shape index (κ1) is 25.4. The van der Waals surface area contributed by atoms with Crippen LogP contribution in [-0.2, 0) is 19.4 Å². The summed E-state index contributed by atoms with van der Waals surface area (Å²) in [5.41, 5.74) is 1.78. The standard InChI is InChI=1S/C21H31N5OS.HI/c1-5-15(3)26-20(27)17-9-7-16(8-10-17)13-25-21(22-4)23-12-11-19-24-14-18(6-2)28-19;/h7-10,14-15H,5-6,11-13H2,1-4H3,(H,26,27)(H2,22,23,25);1H. The van der Waals surface area contributed by atoms with Crippen molar-refractivity contribution in [2.24, 2.45) is 4.99 Å². The Hall–Kier alpha value is -1.68. The molecule has 0 spiro atoms. The van der Waals surface area contributed by atoms with E-state index in [0.29, 0.717) is 12.1 Å². The van der Waals surface area contributed by atoms with E-state index in [-0.39, 0.29) is 35.9 Å². The summed E-state index contributed by atoms with van der Waals surface area (Å²) < 4.78 is 0. The van der Waals surface area contributed by atoms with E-state index in [1.54, 1.807) is 18.4 Å². The van der Waals surface area contributed by atoms with Crippen LogP contribution in [0.3, 0.4) is 0 Å². The Labute approximate surface area is 195 Å². The van der Waals surface area contributed by atoms with Crippen molar-refractivity contribution in [1.82, 2.24) is 20.9 Å². The van der Waals surface area contributed by atoms with Crippen LogP contribution in [0.5, 0.6) is 0 Å². The number of rotatable bonds is 9. The van der Waals surface area contributed by atoms with E-state index in [1.165, 1.54) is 4.88 Å². The quantitative estimate of drug-likeness (QED) is 0.263. The van der Waals surface area contributed by atoms with Gasteiger partial charge in [0.2, 0.25) is 0 Å². The van der Waals surface area contributed by atoms with E-state index in [9.17, 15) is 4.79 Å². The van der Waals surface area contributed by atoms with Crippen molar-refractivity contribution in [2.75, 3.05) is 13.6 Å². The number of benzene rings is 1. The largest absolute Gasteiger partial charge is 0.356 e. The maximum atomic E-state index is 12.1. The van der Waals surface area contributed by atoms with Gasteiger partial charge in [-0.25, -0.2) is 4.98 Å². The molecule has 1 aromatic carbocycles. The molecule has 0 aliphatic rings. The number of aromatic nitrogens is 1. The lowest BCUT2D eigenvalue weighted by Crippen LogP contribution is -2.37. The number of carbonyl (C=O) groups excluding carboxylic acids is 1. The average molecular weight is 529 g/mol. The van der Waals surface area contributed by atoms with Crippen LogP contribution in [0.15, 0.2) is 35.5 Å². The molecule has 1 heterocycles. The highest BCUT2D eigenvalue weighted by Crippen LogP contribution is 2.13. The fourth-order valence-corrected chi connectivity index (χ4v) is 3.37. The van der Waals surface area contributed by atoms with Gasteiger partial charge >= 0.3 is 0 Å². The van der Waals surface area contributed by atoms with E-state index < -0.39 is 0 Å². The number of guanidine groups is 1. The van der Waals surface area contributed by atoms with Gasteiger partial charge in [0.15, 0.2) is 5.96 Å². The second-order valence-corrected chi connectivity index (χ2v) is 7.86. The van der Waals surface area contributed by atoms with E-state index >= 15 is 0 Å². The van der Waals surface area contributed by atoms with Crippen molar-refractivity contribution in [1.29, 1.82) is 0 Å². The van der Waals surface area contributed by atoms with Crippen LogP contribution in [0.25, 0.3) is 0 Å². The molecule has 29 heavy (non-hydrogen) atoms. The van der Waals surface area contributed by atoms with Crippen LogP contribution in [0, 0.1) is 0 Å². The summed E-state index contributed by atoms with van der Waals surface area (Å²) in [6.45, 7) is 7.63. The van der Waals surface area contributed by atoms with E-state index in [0.717, 1.165) is 42.3 Å². The highest BCUT2D eigenvalue weighted by atomic mass is 127. The molecule has 0 bridgehead atoms. The molecule has 160 valence electrons. The maximum Gasteiger partial charge on any atom is 0.251 e. The minimum atomic E-state index is -0.0280. The number of halogens is 1. The van der Waals surface area contributed by atoms with E-state index in [2.05, 4.69) is 39.8 Å². The molecule has 2 rings (SSSR count). The summed E-state index contributed by atoms with van der Waals surface area (Å²) in [4.78, 5) is 22.1. The van der Waals surface area contributed by atoms with Crippen molar-refractivity contribution in [2.45, 2.75) is 52.6 Å². The van der Waals surface area contributed by atoms with Gasteiger partial charge in [-0.1, -0.05) is 26.0 Å². The van der Waals surface area contributed by atoms with Crippen molar-refractivity contribution >= 4 is 47.2 Å². The van der Waals surface area contributed by atoms with Gasteiger partial charge in [0.1, 0.15) is 0 Å². The highest BCUT2D eigenvalue weighted by molar-refractivity contribution is 14.0. The van der Waals surface area contributed by atoms with Crippen LogP contribution in [-0.4, -0.2) is 36.5 Å². The van der Waals surface area contributed by atoms with Crippen molar-refractivity contribution in [3.8, 4) is 0 Å². The molecule has 0 saturated heterocycles. The smallest absolute Gasteiger partial charge is 0.251 e. The summed E-state index contributed by atoms with van der Waals surface area (Å²) in [5.74, 6) is 0.727. The lowest BCUT2D eigenvalue weighted by molar-refractivity contribution is 0.0939. The van der Waals surface area contributed by atoms with Gasteiger partial charge in [0.05, 0.1) is 5.01 Å². The predicted molar refractivity (Wildman–Crippen MR) is 132 cm³/mol. The molecule has 8 heteroatoms. The monoisotopic (exact) mass is 529 g/mol. The molecule has 1 amide bonds. The number of nitrogens with zero attached hydrogens (tertiary/aromatic N) is 2. The number of carbonyl (C=O) groups is 1. The summed E-state index contributed by atoms with van der Waals surface area (Å²) in [5, 5.41) is 10.7. The van der Waals surface area contributed by atoms with Gasteiger partial charge in [0.25, 0.3) is 5.91 Å². The van der Waals surface area contributed by atoms with Gasteiger partial charge in [0, 0.05) is 49.2 Å². The zero-order valence-corrected chi connectivity index (χ0v) is 20.8. The average Bonchev–Trinajstić information content (AvgIpc) is 3.18. The molecule has 1 unspecified atom stereocenters. The van der Waals surface area contributed by atoms with E-state index in [1.807, 2.05) is 37.4 Å². The molecule has 0 aliphatic carbocycles. The van der Waals surface area contributed by atoms with Crippen molar-refractivity contribution in [3.63, 3.8) is 0 Å². The van der Waals surface area contributed by atoms with Gasteiger partial charge in [-0.15, -0.1) is 35.3 Å². The number of aliphatic imine (C=N–C) groups is 1. The molecule has 0 radical (unpaired) electrons. The van der Waals surface area contributed by atoms with Gasteiger partial charge < -0.3 is 16.0 Å². The summed E-state index contributed by atoms with van der Waals surface area (Å²) >= 11 is 1.77. The first-order valence-corrected chi connectivity index (χ1v) is 10.6. The third-order valence-electron chi connectivity index (χ3n) is 4.47. The normalized spacial score (nSPS) is 12.1. The van der Waals surface area contributed by atoms with Crippen LogP contribution in [0.4, 0.5) is 0 Å². The second-order valence-electron chi connectivity index (χ2n) is 6.66. The lowest BCUT2D eigenvalue weighted by atomic mass is 10.1. The number of hydrogen-bond acceptors (Lipinski definition) is 4. The molecule has 3 N–H and O–H groups in total. The Balaban J connectivity index is 0.00000420. The van der Waals surface area contributed by atoms with Crippen molar-refractivity contribution in [3.05, 3.63) is 51.5 Å². The second kappa shape index (κ2) is 13.5. The van der Waals surface area contributed by atoms with Gasteiger partial charge in [-0.3, -0.25) is 9.79 Å². The van der Waals surface area contributed by atoms with Crippen LogP contribution in [0.2, 0.25) is 0 Å². The lowest BCUT2D eigenvalue weighted by Gasteiger charge is -2.13. The van der Waals surface area contributed by atoms with Crippen LogP contribution >= 0.6 is 35.3 Å². The van der Waals surface area contributed by atoms with Gasteiger partial charge in [-0.2, -0.15) is 0 Å². The third kappa shape index (κ3) is 8.69. The zero-order valence-electron chi connectivity index (χ0n) is 17.6. The summed E-state index contributed by atoms with van der Waals surface area (Å²) in [6, 6.07) is 7.83. The Morgan fingerprint density at radius 1 is 1.21 bits per heavy atom. The Kier molecular flexibility index (Phi) is 11.8. The third-order valence-corrected chi connectivity index (χ3v) is 5.67. The van der Waals surface area contributed by atoms with Crippen LogP contribution < -0.4 is 16.0 Å². The minimum absolute atomic E-state index is 0. The minimum Gasteiger partial charge on any atom is -0.356 e. The molecular weight excluding hydrogens is 497 g/mol. The Morgan fingerprint density at radius 2 is 1.93 bits per heavy atom. The van der Waals surface area contributed by atoms with Crippen molar-refractivity contribution < 1.29 is 4.79 Å². The molecule has 0 aliphatic heterocycles. The Morgan fingerprint density at radius 3 is 2.52 bits per heavy atom. The van der Waals surface area contributed by atoms with Gasteiger partial charge in [-0.05, 0) is 37.5 Å². The highest BCUT2D eigenvalue weighted by Gasteiger charge is 2.08. The number of amides is 1. The number of hydrogen-bond donors (Lipinski definition) is 3. The molecule has 0 fully saturated rings. The van der Waals surface area contributed by atoms with Crippen LogP contribution in [0.1, 0.15) is 53.0 Å². The first-order chi connectivity index (χ1) is 13.5.